The number of unbranched alkanes of at least 4 members (excludes halogenated alkanes) is 2. The maximum Gasteiger partial charge on any atom is 0.290 e. The average molecular weight is 436 g/mol. The molecule has 7 nitrogen and oxygen atoms in total. The molecule has 0 spiro atoms. The van der Waals surface area contributed by atoms with Crippen molar-refractivity contribution in [2.45, 2.75) is 39.7 Å². The van der Waals surface area contributed by atoms with Gasteiger partial charge in [-0.3, -0.25) is 25.2 Å². The molecule has 0 bridgehead atoms. The highest BCUT2D eigenvalue weighted by Crippen LogP contribution is 2.15. The highest BCUT2D eigenvalue weighted by molar-refractivity contribution is 6.05. The minimum Gasteiger partial charge on any atom is -0.268 e. The predicted molar refractivity (Wildman–Crippen MR) is 121 cm³/mol. The summed E-state index contributed by atoms with van der Waals surface area (Å²) in [4.78, 5) is 37.7. The van der Waals surface area contributed by atoms with E-state index in [0.717, 1.165) is 19.3 Å². The van der Waals surface area contributed by atoms with Gasteiger partial charge in [-0.15, -0.1) is 0 Å². The number of rotatable bonds is 7. The summed E-state index contributed by atoms with van der Waals surface area (Å²) in [5, 5.41) is 5.06. The number of nitrogens with zero attached hydrogens (tertiary/aromatic N) is 2. The van der Waals surface area contributed by atoms with Crippen LogP contribution in [0.2, 0.25) is 0 Å². The van der Waals surface area contributed by atoms with Crippen molar-refractivity contribution in [2.24, 2.45) is 0 Å². The molecule has 8 heteroatoms. The molecule has 2 amide bonds. The number of hydrogen-bond donors (Lipinski definition) is 2. The van der Waals surface area contributed by atoms with Gasteiger partial charge in [-0.05, 0) is 42.7 Å². The van der Waals surface area contributed by atoms with Crippen molar-refractivity contribution in [1.29, 1.82) is 0 Å². The smallest absolute Gasteiger partial charge is 0.268 e. The van der Waals surface area contributed by atoms with Gasteiger partial charge in [0.05, 0.1) is 5.39 Å². The Morgan fingerprint density at radius 2 is 1.72 bits per heavy atom. The molecule has 0 fully saturated rings. The first-order chi connectivity index (χ1) is 15.4. The molecule has 32 heavy (non-hydrogen) atoms. The van der Waals surface area contributed by atoms with Crippen molar-refractivity contribution in [3.8, 4) is 0 Å². The van der Waals surface area contributed by atoms with Crippen LogP contribution >= 0.6 is 0 Å². The second-order valence-electron chi connectivity index (χ2n) is 7.41. The average Bonchev–Trinajstić information content (AvgIpc) is 2.79. The van der Waals surface area contributed by atoms with Crippen LogP contribution in [0.25, 0.3) is 16.3 Å². The van der Waals surface area contributed by atoms with E-state index in [2.05, 4.69) is 22.9 Å². The summed E-state index contributed by atoms with van der Waals surface area (Å²) in [7, 11) is 0. The fraction of sp³-hybridized carbons (Fsp3) is 0.250. The van der Waals surface area contributed by atoms with Gasteiger partial charge in [0.2, 0.25) is 0 Å². The van der Waals surface area contributed by atoms with Gasteiger partial charge in [-0.25, -0.2) is 9.07 Å². The Hall–Kier alpha value is -3.81. The standard InChI is InChI=1S/C24H25FN4O3/c1-3-4-7-14-29-24(32)20-9-6-5-8-19(20)22(28-29)23(31)27-26-21(30)15-16(2)17-10-12-18(25)13-11-17/h5-6,8-13,15H,3-4,7,14H2,1-2H3,(H,26,30)(H,27,31)/b16-15+. The lowest BCUT2D eigenvalue weighted by Crippen LogP contribution is -2.42. The second kappa shape index (κ2) is 10.5. The van der Waals surface area contributed by atoms with Gasteiger partial charge in [0.1, 0.15) is 5.82 Å². The molecule has 0 aliphatic carbocycles. The quantitative estimate of drug-likeness (QED) is 0.336. The van der Waals surface area contributed by atoms with Gasteiger partial charge in [0, 0.05) is 18.0 Å². The minimum absolute atomic E-state index is 0.0521. The third-order valence-electron chi connectivity index (χ3n) is 5.00. The first-order valence-corrected chi connectivity index (χ1v) is 10.4. The first-order valence-electron chi connectivity index (χ1n) is 10.4. The van der Waals surface area contributed by atoms with Crippen LogP contribution in [-0.2, 0) is 11.3 Å². The van der Waals surface area contributed by atoms with E-state index < -0.39 is 11.8 Å². The third-order valence-corrected chi connectivity index (χ3v) is 5.00. The van der Waals surface area contributed by atoms with Crippen LogP contribution in [0.5, 0.6) is 0 Å². The topological polar surface area (TPSA) is 93.1 Å². The van der Waals surface area contributed by atoms with Gasteiger partial charge in [0.25, 0.3) is 17.4 Å². The molecule has 3 rings (SSSR count). The van der Waals surface area contributed by atoms with Crippen LogP contribution < -0.4 is 16.4 Å². The molecule has 2 N–H and O–H groups in total. The number of aryl methyl sites for hydroxylation is 1. The zero-order valence-electron chi connectivity index (χ0n) is 18.0. The summed E-state index contributed by atoms with van der Waals surface area (Å²) in [6.07, 6.45) is 4.00. The van der Waals surface area contributed by atoms with E-state index in [1.165, 1.54) is 22.9 Å². The highest BCUT2D eigenvalue weighted by atomic mass is 19.1. The molecular weight excluding hydrogens is 411 g/mol. The van der Waals surface area contributed by atoms with Crippen LogP contribution in [0, 0.1) is 5.82 Å². The Bertz CT molecular complexity index is 1220. The van der Waals surface area contributed by atoms with Crippen LogP contribution in [-0.4, -0.2) is 21.6 Å². The summed E-state index contributed by atoms with van der Waals surface area (Å²) in [6, 6.07) is 12.5. The van der Waals surface area contributed by atoms with Crippen LogP contribution in [0.1, 0.15) is 49.2 Å². The lowest BCUT2D eigenvalue weighted by Gasteiger charge is -2.11. The number of benzene rings is 2. The number of hydrazine groups is 1. The summed E-state index contributed by atoms with van der Waals surface area (Å²) < 4.78 is 14.4. The second-order valence-corrected chi connectivity index (χ2v) is 7.41. The highest BCUT2D eigenvalue weighted by Gasteiger charge is 2.17. The lowest BCUT2D eigenvalue weighted by atomic mass is 10.1. The van der Waals surface area contributed by atoms with Gasteiger partial charge in [-0.2, -0.15) is 5.10 Å². The van der Waals surface area contributed by atoms with Crippen molar-refractivity contribution in [3.05, 3.63) is 82.0 Å². The Labute approximate surface area is 184 Å². The van der Waals surface area contributed by atoms with E-state index >= 15 is 0 Å². The molecule has 0 aliphatic heterocycles. The zero-order chi connectivity index (χ0) is 23.1. The van der Waals surface area contributed by atoms with Gasteiger partial charge in [-0.1, -0.05) is 50.1 Å². The van der Waals surface area contributed by atoms with Crippen molar-refractivity contribution >= 4 is 28.2 Å². The van der Waals surface area contributed by atoms with Crippen molar-refractivity contribution in [3.63, 3.8) is 0 Å². The number of amides is 2. The molecule has 1 heterocycles. The molecule has 0 saturated heterocycles. The molecule has 0 unspecified atom stereocenters. The zero-order valence-corrected chi connectivity index (χ0v) is 18.0. The Morgan fingerprint density at radius 3 is 2.41 bits per heavy atom. The largest absolute Gasteiger partial charge is 0.290 e. The molecule has 3 aromatic rings. The number of nitrogens with one attached hydrogen (secondary N) is 2. The summed E-state index contributed by atoms with van der Waals surface area (Å²) in [6.45, 7) is 4.17. The summed E-state index contributed by atoms with van der Waals surface area (Å²) in [5.74, 6) is -1.55. The van der Waals surface area contributed by atoms with Crippen LogP contribution in [0.4, 0.5) is 4.39 Å². The fourth-order valence-electron chi connectivity index (χ4n) is 3.27. The molecular formula is C24H25FN4O3. The molecule has 2 aromatic carbocycles. The van der Waals surface area contributed by atoms with Crippen LogP contribution in [0.15, 0.2) is 59.4 Å². The van der Waals surface area contributed by atoms with Crippen molar-refractivity contribution < 1.29 is 14.0 Å². The number of allylic oxidation sites excluding steroid dienone is 1. The Kier molecular flexibility index (Phi) is 7.49. The molecule has 0 aliphatic rings. The summed E-state index contributed by atoms with van der Waals surface area (Å²) >= 11 is 0. The van der Waals surface area contributed by atoms with Crippen molar-refractivity contribution in [2.75, 3.05) is 0 Å². The lowest BCUT2D eigenvalue weighted by molar-refractivity contribution is -0.117. The Balaban J connectivity index is 1.78. The van der Waals surface area contributed by atoms with Gasteiger partial charge < -0.3 is 0 Å². The first kappa shape index (κ1) is 22.9. The Morgan fingerprint density at radius 1 is 1.03 bits per heavy atom. The van der Waals surface area contributed by atoms with Crippen molar-refractivity contribution in [1.82, 2.24) is 20.6 Å². The number of hydrogen-bond acceptors (Lipinski definition) is 4. The van der Waals surface area contributed by atoms with Crippen LogP contribution in [0.3, 0.4) is 0 Å². The van der Waals surface area contributed by atoms with E-state index in [1.54, 1.807) is 43.3 Å². The van der Waals surface area contributed by atoms with E-state index in [1.807, 2.05) is 0 Å². The maximum atomic E-state index is 13.1. The van der Waals surface area contributed by atoms with E-state index in [4.69, 9.17) is 0 Å². The van der Waals surface area contributed by atoms with Gasteiger partial charge >= 0.3 is 0 Å². The molecule has 0 saturated carbocycles. The maximum absolute atomic E-state index is 13.1. The number of aromatic nitrogens is 2. The SMILES string of the molecule is CCCCCn1nc(C(=O)NNC(=O)/C=C(\C)c2ccc(F)cc2)c2ccccc2c1=O. The predicted octanol–water partition coefficient (Wildman–Crippen LogP) is 3.59. The monoisotopic (exact) mass is 436 g/mol. The number of fused-ring (bicyclic) bond motifs is 1. The number of carbonyl (C=O) groups is 2. The number of carbonyl (C=O) groups excluding carboxylic acids is 2. The molecule has 166 valence electrons. The van der Waals surface area contributed by atoms with E-state index in [9.17, 15) is 18.8 Å². The van der Waals surface area contributed by atoms with E-state index in [0.29, 0.717) is 28.5 Å². The summed E-state index contributed by atoms with van der Waals surface area (Å²) in [5.41, 5.74) is 5.76. The normalized spacial score (nSPS) is 11.4. The van der Waals surface area contributed by atoms with E-state index in [-0.39, 0.29) is 17.1 Å². The molecule has 1 aromatic heterocycles. The molecule has 0 radical (unpaired) electrons. The molecule has 0 atom stereocenters. The third kappa shape index (κ3) is 5.46. The van der Waals surface area contributed by atoms with Gasteiger partial charge in [0.15, 0.2) is 5.69 Å². The number of halogens is 1. The minimum atomic E-state index is -0.633. The fourth-order valence-corrected chi connectivity index (χ4v) is 3.27.